The first-order chi connectivity index (χ1) is 13.9. The quantitative estimate of drug-likeness (QED) is 0.538. The van der Waals surface area contributed by atoms with Crippen molar-refractivity contribution in [1.82, 2.24) is 4.90 Å². The van der Waals surface area contributed by atoms with E-state index in [1.54, 1.807) is 17.0 Å². The van der Waals surface area contributed by atoms with E-state index in [4.69, 9.17) is 27.9 Å². The molecule has 152 valence electrons. The lowest BCUT2D eigenvalue weighted by atomic mass is 10.2. The van der Waals surface area contributed by atoms with Gasteiger partial charge in [0.1, 0.15) is 11.5 Å². The zero-order chi connectivity index (χ0) is 21.0. The molecule has 29 heavy (non-hydrogen) atoms. The maximum absolute atomic E-state index is 12.9. The molecular weight excluding hydrogens is 431 g/mol. The number of aliphatic imine (C=N–C) groups is 1. The Bertz CT molecular complexity index is 975. The number of phenols is 1. The normalized spacial score (nSPS) is 16.8. The lowest BCUT2D eigenvalue weighted by molar-refractivity contribution is -0.122. The van der Waals surface area contributed by atoms with Crippen LogP contribution in [0, 0.1) is 0 Å². The Morgan fingerprint density at radius 2 is 1.93 bits per heavy atom. The van der Waals surface area contributed by atoms with Crippen LogP contribution in [0.2, 0.25) is 10.0 Å². The smallest absolute Gasteiger partial charge is 0.266 e. The van der Waals surface area contributed by atoms with Gasteiger partial charge in [-0.25, -0.2) is 4.99 Å². The zero-order valence-corrected chi connectivity index (χ0v) is 18.3. The van der Waals surface area contributed by atoms with Crippen molar-refractivity contribution in [2.24, 2.45) is 4.99 Å². The number of thioether (sulfide) groups is 1. The molecule has 0 aliphatic carbocycles. The lowest BCUT2D eigenvalue weighted by Gasteiger charge is -2.14. The second-order valence-corrected chi connectivity index (χ2v) is 8.07. The van der Waals surface area contributed by atoms with Gasteiger partial charge in [0.25, 0.3) is 5.91 Å². The van der Waals surface area contributed by atoms with Crippen molar-refractivity contribution in [3.8, 4) is 11.5 Å². The summed E-state index contributed by atoms with van der Waals surface area (Å²) in [5, 5.41) is 11.3. The topological polar surface area (TPSA) is 62.1 Å². The average molecular weight is 451 g/mol. The monoisotopic (exact) mass is 450 g/mol. The van der Waals surface area contributed by atoms with Gasteiger partial charge in [-0.05, 0) is 67.6 Å². The molecule has 2 aromatic rings. The minimum Gasteiger partial charge on any atom is -0.506 e. The van der Waals surface area contributed by atoms with Gasteiger partial charge >= 0.3 is 0 Å². The molecule has 8 heteroatoms. The van der Waals surface area contributed by atoms with Crippen molar-refractivity contribution in [3.63, 3.8) is 0 Å². The van der Waals surface area contributed by atoms with Crippen LogP contribution in [0.25, 0.3) is 6.08 Å². The van der Waals surface area contributed by atoms with E-state index in [-0.39, 0.29) is 16.7 Å². The van der Waals surface area contributed by atoms with Crippen LogP contribution < -0.4 is 4.74 Å². The number of hydrogen-bond donors (Lipinski definition) is 1. The highest BCUT2D eigenvalue weighted by molar-refractivity contribution is 8.18. The molecule has 3 rings (SSSR count). The Hall–Kier alpha value is -2.15. The predicted octanol–water partition coefficient (Wildman–Crippen LogP) is 6.11. The van der Waals surface area contributed by atoms with Crippen molar-refractivity contribution in [3.05, 3.63) is 56.9 Å². The van der Waals surface area contributed by atoms with E-state index >= 15 is 0 Å². The number of nitrogens with zero attached hydrogens (tertiary/aromatic N) is 2. The molecule has 2 aromatic carbocycles. The highest BCUT2D eigenvalue weighted by Gasteiger charge is 2.33. The first kappa shape index (κ1) is 21.6. The summed E-state index contributed by atoms with van der Waals surface area (Å²) in [5.74, 6) is 0.485. The maximum Gasteiger partial charge on any atom is 0.266 e. The molecule has 1 fully saturated rings. The zero-order valence-electron chi connectivity index (χ0n) is 16.0. The number of benzene rings is 2. The maximum atomic E-state index is 12.9. The Morgan fingerprint density at radius 3 is 2.59 bits per heavy atom. The first-order valence-electron chi connectivity index (χ1n) is 9.14. The Kier molecular flexibility index (Phi) is 7.11. The summed E-state index contributed by atoms with van der Waals surface area (Å²) in [5.41, 5.74) is 1.11. The number of hydrogen-bond acceptors (Lipinski definition) is 5. The molecule has 1 aliphatic rings. The molecule has 1 N–H and O–H groups in total. The van der Waals surface area contributed by atoms with Crippen LogP contribution in [-0.2, 0) is 4.79 Å². The van der Waals surface area contributed by atoms with E-state index in [1.165, 1.54) is 17.8 Å². The molecule has 0 unspecified atom stereocenters. The van der Waals surface area contributed by atoms with E-state index in [1.807, 2.05) is 38.1 Å². The standard InChI is InChI=1S/C21H20Cl2N2O3S/c1-3-9-25-20(27)18(11-13-10-14(22)12-17(23)19(13)26)29-21(25)24-15-5-7-16(8-6-15)28-4-2/h5-8,10-12,26H,3-4,9H2,1-2H3. The average Bonchev–Trinajstić information content (AvgIpc) is 2.96. The molecule has 1 aliphatic heterocycles. The summed E-state index contributed by atoms with van der Waals surface area (Å²) < 4.78 is 5.45. The van der Waals surface area contributed by atoms with Crippen LogP contribution >= 0.6 is 35.0 Å². The van der Waals surface area contributed by atoms with E-state index in [0.29, 0.717) is 33.8 Å². The Labute approximate surface area is 184 Å². The van der Waals surface area contributed by atoms with Gasteiger partial charge in [0.2, 0.25) is 0 Å². The van der Waals surface area contributed by atoms with Crippen molar-refractivity contribution in [2.45, 2.75) is 20.3 Å². The number of amides is 1. The third kappa shape index (κ3) is 5.07. The van der Waals surface area contributed by atoms with E-state index in [2.05, 4.69) is 4.99 Å². The molecule has 0 saturated carbocycles. The van der Waals surface area contributed by atoms with Gasteiger partial charge < -0.3 is 9.84 Å². The molecule has 0 spiro atoms. The number of rotatable bonds is 6. The lowest BCUT2D eigenvalue weighted by Crippen LogP contribution is -2.29. The molecule has 0 aromatic heterocycles. The van der Waals surface area contributed by atoms with Gasteiger partial charge in [-0.3, -0.25) is 9.69 Å². The summed E-state index contributed by atoms with van der Waals surface area (Å²) in [6.07, 6.45) is 2.37. The summed E-state index contributed by atoms with van der Waals surface area (Å²) in [7, 11) is 0. The third-order valence-electron chi connectivity index (χ3n) is 4.05. The highest BCUT2D eigenvalue weighted by atomic mass is 35.5. The molecular formula is C21H20Cl2N2O3S. The van der Waals surface area contributed by atoms with Gasteiger partial charge in [-0.2, -0.15) is 0 Å². The molecule has 1 amide bonds. The SMILES string of the molecule is CCCN1C(=O)C(=Cc2cc(Cl)cc(Cl)c2O)SC1=Nc1ccc(OCC)cc1. The summed E-state index contributed by atoms with van der Waals surface area (Å²) in [6, 6.07) is 10.4. The number of phenolic OH excluding ortho intramolecular Hbond substituents is 1. The third-order valence-corrected chi connectivity index (χ3v) is 5.56. The fraction of sp³-hybridized carbons (Fsp3) is 0.238. The molecule has 0 bridgehead atoms. The molecule has 1 heterocycles. The molecule has 0 radical (unpaired) electrons. The van der Waals surface area contributed by atoms with Gasteiger partial charge in [-0.15, -0.1) is 0 Å². The number of aromatic hydroxyl groups is 1. The van der Waals surface area contributed by atoms with Crippen molar-refractivity contribution < 1.29 is 14.6 Å². The molecule has 0 atom stereocenters. The second kappa shape index (κ2) is 9.57. The Balaban J connectivity index is 1.94. The van der Waals surface area contributed by atoms with Gasteiger partial charge in [0, 0.05) is 17.1 Å². The number of ether oxygens (including phenoxy) is 1. The largest absolute Gasteiger partial charge is 0.506 e. The van der Waals surface area contributed by atoms with E-state index in [9.17, 15) is 9.90 Å². The highest BCUT2D eigenvalue weighted by Crippen LogP contribution is 2.38. The van der Waals surface area contributed by atoms with Crippen LogP contribution in [0.5, 0.6) is 11.5 Å². The van der Waals surface area contributed by atoms with Gasteiger partial charge in [0.05, 0.1) is 22.2 Å². The number of amidine groups is 1. The van der Waals surface area contributed by atoms with E-state index in [0.717, 1.165) is 17.9 Å². The summed E-state index contributed by atoms with van der Waals surface area (Å²) >= 11 is 13.3. The number of carbonyl (C=O) groups is 1. The van der Waals surface area contributed by atoms with Crippen LogP contribution in [-0.4, -0.2) is 34.2 Å². The molecule has 5 nitrogen and oxygen atoms in total. The van der Waals surface area contributed by atoms with Crippen LogP contribution in [0.3, 0.4) is 0 Å². The number of carbonyl (C=O) groups excluding carboxylic acids is 1. The van der Waals surface area contributed by atoms with Gasteiger partial charge in [0.15, 0.2) is 5.17 Å². The fourth-order valence-electron chi connectivity index (χ4n) is 2.74. The fourth-order valence-corrected chi connectivity index (χ4v) is 4.27. The molecule has 1 saturated heterocycles. The summed E-state index contributed by atoms with van der Waals surface area (Å²) in [4.78, 5) is 19.6. The van der Waals surface area contributed by atoms with Crippen LogP contribution in [0.15, 0.2) is 46.3 Å². The minimum absolute atomic E-state index is 0.115. The second-order valence-electron chi connectivity index (χ2n) is 6.21. The summed E-state index contributed by atoms with van der Waals surface area (Å²) in [6.45, 7) is 5.06. The van der Waals surface area contributed by atoms with Crippen molar-refractivity contribution in [1.29, 1.82) is 0 Å². The van der Waals surface area contributed by atoms with Crippen molar-refractivity contribution in [2.75, 3.05) is 13.2 Å². The number of halogens is 2. The van der Waals surface area contributed by atoms with Crippen LogP contribution in [0.4, 0.5) is 5.69 Å². The Morgan fingerprint density at radius 1 is 1.21 bits per heavy atom. The predicted molar refractivity (Wildman–Crippen MR) is 120 cm³/mol. The first-order valence-corrected chi connectivity index (χ1v) is 10.7. The van der Waals surface area contributed by atoms with Crippen LogP contribution in [0.1, 0.15) is 25.8 Å². The van der Waals surface area contributed by atoms with Crippen molar-refractivity contribution >= 4 is 57.8 Å². The minimum atomic E-state index is -0.169. The van der Waals surface area contributed by atoms with E-state index < -0.39 is 0 Å². The van der Waals surface area contributed by atoms with Gasteiger partial charge in [-0.1, -0.05) is 30.1 Å².